The predicted molar refractivity (Wildman–Crippen MR) is 95.7 cm³/mol. The molecule has 0 aliphatic carbocycles. The Balaban J connectivity index is 1.61. The summed E-state index contributed by atoms with van der Waals surface area (Å²) in [7, 11) is 1.77. The molecule has 0 saturated heterocycles. The number of carbonyl (C=O) groups excluding carboxylic acids is 1. The molecule has 9 heteroatoms. The molecular formula is C16H15ClN4O3S. The van der Waals surface area contributed by atoms with Crippen molar-refractivity contribution in [2.45, 2.75) is 6.67 Å². The van der Waals surface area contributed by atoms with Gasteiger partial charge in [0.1, 0.15) is 0 Å². The molecule has 25 heavy (non-hydrogen) atoms. The second kappa shape index (κ2) is 7.64. The molecular weight excluding hydrogens is 364 g/mol. The third kappa shape index (κ3) is 4.36. The minimum atomic E-state index is -0.197. The molecule has 0 radical (unpaired) electrons. The quantitative estimate of drug-likeness (QED) is 0.660. The Morgan fingerprint density at radius 3 is 2.88 bits per heavy atom. The average Bonchev–Trinajstić information content (AvgIpc) is 3.20. The smallest absolute Gasteiger partial charge is 0.288 e. The lowest BCUT2D eigenvalue weighted by molar-refractivity contribution is -0.117. The molecule has 0 unspecified atom stereocenters. The fourth-order valence-electron chi connectivity index (χ4n) is 2.17. The molecule has 7 nitrogen and oxygen atoms in total. The van der Waals surface area contributed by atoms with Crippen LogP contribution in [-0.4, -0.2) is 34.2 Å². The Hall–Kier alpha value is -2.42. The molecule has 0 spiro atoms. The van der Waals surface area contributed by atoms with Gasteiger partial charge >= 0.3 is 0 Å². The zero-order chi connectivity index (χ0) is 17.8. The van der Waals surface area contributed by atoms with Gasteiger partial charge in [-0.25, -0.2) is 4.68 Å². The summed E-state index contributed by atoms with van der Waals surface area (Å²) in [6, 6.07) is 10.5. The number of hydrogen-bond donors (Lipinski definition) is 1. The number of furan rings is 1. The Kier molecular flexibility index (Phi) is 5.32. The number of halogens is 1. The summed E-state index contributed by atoms with van der Waals surface area (Å²) in [5, 5.41) is 7.50. The zero-order valence-electron chi connectivity index (χ0n) is 13.3. The molecule has 0 fully saturated rings. The van der Waals surface area contributed by atoms with Crippen molar-refractivity contribution in [2.75, 3.05) is 18.9 Å². The highest BCUT2D eigenvalue weighted by atomic mass is 35.5. The Labute approximate surface area is 153 Å². The van der Waals surface area contributed by atoms with Crippen molar-refractivity contribution in [1.29, 1.82) is 0 Å². The standard InChI is InChI=1S/C16H15ClN4O3S/c1-20(9-14(22)18-12-6-3-2-5-11(12)17)10-21-16(25)24-15(19-21)13-7-4-8-23-13/h2-8H,9-10H2,1H3,(H,18,22). The minimum absolute atomic E-state index is 0.135. The van der Waals surface area contributed by atoms with E-state index in [2.05, 4.69) is 10.4 Å². The fourth-order valence-corrected chi connectivity index (χ4v) is 2.53. The van der Waals surface area contributed by atoms with Crippen molar-refractivity contribution in [3.8, 4) is 11.7 Å². The van der Waals surface area contributed by atoms with E-state index in [9.17, 15) is 4.79 Å². The summed E-state index contributed by atoms with van der Waals surface area (Å²) < 4.78 is 12.1. The maximum Gasteiger partial charge on any atom is 0.288 e. The monoisotopic (exact) mass is 378 g/mol. The molecule has 1 amide bonds. The van der Waals surface area contributed by atoms with Gasteiger partial charge in [-0.15, -0.1) is 5.10 Å². The van der Waals surface area contributed by atoms with Crippen LogP contribution in [-0.2, 0) is 11.5 Å². The van der Waals surface area contributed by atoms with Crippen LogP contribution in [0.5, 0.6) is 0 Å². The van der Waals surface area contributed by atoms with E-state index in [4.69, 9.17) is 32.7 Å². The molecule has 0 aliphatic rings. The van der Waals surface area contributed by atoms with Crippen LogP contribution < -0.4 is 5.32 Å². The lowest BCUT2D eigenvalue weighted by Gasteiger charge is -2.15. The van der Waals surface area contributed by atoms with E-state index in [-0.39, 0.29) is 17.3 Å². The molecule has 130 valence electrons. The molecule has 1 N–H and O–H groups in total. The number of amides is 1. The van der Waals surface area contributed by atoms with Crippen molar-refractivity contribution in [1.82, 2.24) is 14.7 Å². The summed E-state index contributed by atoms with van der Waals surface area (Å²) in [6.07, 6.45) is 1.53. The number of benzene rings is 1. The molecule has 0 aliphatic heterocycles. The summed E-state index contributed by atoms with van der Waals surface area (Å²) in [5.41, 5.74) is 0.570. The Morgan fingerprint density at radius 2 is 2.16 bits per heavy atom. The second-order valence-electron chi connectivity index (χ2n) is 5.33. The summed E-state index contributed by atoms with van der Waals surface area (Å²) in [5.74, 6) is 0.588. The maximum absolute atomic E-state index is 12.1. The third-order valence-corrected chi connectivity index (χ3v) is 3.90. The van der Waals surface area contributed by atoms with Crippen LogP contribution in [0.1, 0.15) is 0 Å². The van der Waals surface area contributed by atoms with Crippen molar-refractivity contribution < 1.29 is 13.6 Å². The van der Waals surface area contributed by atoms with E-state index >= 15 is 0 Å². The number of carbonyl (C=O) groups is 1. The first kappa shape index (κ1) is 17.4. The van der Waals surface area contributed by atoms with E-state index in [1.54, 1.807) is 48.3 Å². The largest absolute Gasteiger partial charge is 0.459 e. The van der Waals surface area contributed by atoms with Crippen LogP contribution >= 0.6 is 23.8 Å². The first-order valence-corrected chi connectivity index (χ1v) is 8.16. The molecule has 3 rings (SSSR count). The molecule has 3 aromatic rings. The first-order chi connectivity index (χ1) is 12.0. The molecule has 0 bridgehead atoms. The molecule has 0 saturated carbocycles. The Morgan fingerprint density at radius 1 is 1.36 bits per heavy atom. The van der Waals surface area contributed by atoms with Crippen molar-refractivity contribution in [2.24, 2.45) is 0 Å². The number of rotatable bonds is 6. The number of hydrogen-bond acceptors (Lipinski definition) is 6. The maximum atomic E-state index is 12.1. The highest BCUT2D eigenvalue weighted by Crippen LogP contribution is 2.20. The van der Waals surface area contributed by atoms with Crippen LogP contribution in [0, 0.1) is 4.84 Å². The van der Waals surface area contributed by atoms with Gasteiger partial charge in [-0.3, -0.25) is 9.69 Å². The van der Waals surface area contributed by atoms with Gasteiger partial charge in [0.2, 0.25) is 5.91 Å². The van der Waals surface area contributed by atoms with Crippen LogP contribution in [0.2, 0.25) is 5.02 Å². The van der Waals surface area contributed by atoms with E-state index in [1.807, 2.05) is 0 Å². The minimum Gasteiger partial charge on any atom is -0.459 e. The topological polar surface area (TPSA) is 76.4 Å². The number of para-hydroxylation sites is 1. The van der Waals surface area contributed by atoms with Gasteiger partial charge in [-0.2, -0.15) is 0 Å². The van der Waals surface area contributed by atoms with E-state index in [1.165, 1.54) is 10.9 Å². The SMILES string of the molecule is CN(CC(=O)Nc1ccccc1Cl)Cn1nc(-c2ccco2)oc1=S. The second-order valence-corrected chi connectivity index (χ2v) is 6.09. The van der Waals surface area contributed by atoms with Gasteiger partial charge in [0.25, 0.3) is 10.7 Å². The van der Waals surface area contributed by atoms with Crippen molar-refractivity contribution in [3.05, 3.63) is 52.5 Å². The van der Waals surface area contributed by atoms with Gasteiger partial charge in [-0.05, 0) is 43.5 Å². The van der Waals surface area contributed by atoms with Crippen LogP contribution in [0.15, 0.2) is 51.5 Å². The lowest BCUT2D eigenvalue weighted by atomic mass is 10.3. The van der Waals surface area contributed by atoms with E-state index in [0.717, 1.165) is 0 Å². The number of likely N-dealkylation sites (N-methyl/N-ethyl adjacent to an activating group) is 1. The van der Waals surface area contributed by atoms with Gasteiger partial charge in [0.05, 0.1) is 30.2 Å². The fraction of sp³-hybridized carbons (Fsp3) is 0.188. The molecule has 2 aromatic heterocycles. The average molecular weight is 379 g/mol. The Bertz CT molecular complexity index is 920. The van der Waals surface area contributed by atoms with Gasteiger partial charge in [0, 0.05) is 0 Å². The van der Waals surface area contributed by atoms with Crippen LogP contribution in [0.4, 0.5) is 5.69 Å². The van der Waals surface area contributed by atoms with Gasteiger partial charge in [0.15, 0.2) is 5.76 Å². The zero-order valence-corrected chi connectivity index (χ0v) is 14.9. The highest BCUT2D eigenvalue weighted by molar-refractivity contribution is 7.71. The third-order valence-electron chi connectivity index (χ3n) is 3.28. The number of nitrogens with zero attached hydrogens (tertiary/aromatic N) is 3. The molecule has 0 atom stereocenters. The molecule has 1 aromatic carbocycles. The van der Waals surface area contributed by atoms with Crippen LogP contribution in [0.3, 0.4) is 0 Å². The highest BCUT2D eigenvalue weighted by Gasteiger charge is 2.14. The van der Waals surface area contributed by atoms with E-state index < -0.39 is 0 Å². The predicted octanol–water partition coefficient (Wildman–Crippen LogP) is 3.65. The summed E-state index contributed by atoms with van der Waals surface area (Å²) >= 11 is 11.2. The normalized spacial score (nSPS) is 11.0. The first-order valence-electron chi connectivity index (χ1n) is 7.37. The van der Waals surface area contributed by atoms with Crippen LogP contribution in [0.25, 0.3) is 11.7 Å². The summed E-state index contributed by atoms with van der Waals surface area (Å²) in [6.45, 7) is 0.426. The van der Waals surface area contributed by atoms with E-state index in [0.29, 0.717) is 29.0 Å². The number of aromatic nitrogens is 2. The van der Waals surface area contributed by atoms with Gasteiger partial charge < -0.3 is 14.2 Å². The lowest BCUT2D eigenvalue weighted by Crippen LogP contribution is -2.32. The van der Waals surface area contributed by atoms with Gasteiger partial charge in [-0.1, -0.05) is 23.7 Å². The number of anilines is 1. The van der Waals surface area contributed by atoms with Crippen molar-refractivity contribution >= 4 is 35.4 Å². The number of nitrogens with one attached hydrogen (secondary N) is 1. The van der Waals surface area contributed by atoms with Crippen molar-refractivity contribution in [3.63, 3.8) is 0 Å². The summed E-state index contributed by atoms with van der Waals surface area (Å²) in [4.78, 5) is 14.1. The molecule has 2 heterocycles.